The van der Waals surface area contributed by atoms with E-state index in [2.05, 4.69) is 65.7 Å². The molecule has 0 saturated carbocycles. The molecule has 0 aliphatic carbocycles. The smallest absolute Gasteiger partial charge is 0.154 e. The van der Waals surface area contributed by atoms with Crippen LogP contribution in [0.15, 0.2) is 143 Å². The van der Waals surface area contributed by atoms with Gasteiger partial charge in [-0.25, -0.2) is 4.99 Å². The number of para-hydroxylation sites is 1. The maximum absolute atomic E-state index is 8.72. The van der Waals surface area contributed by atoms with Gasteiger partial charge < -0.3 is 10.2 Å². The van der Waals surface area contributed by atoms with Crippen molar-refractivity contribution in [1.82, 2.24) is 0 Å². The first-order valence-corrected chi connectivity index (χ1v) is 13.2. The Balaban J connectivity index is 1.30. The Morgan fingerprint density at radius 1 is 0.575 bits per heavy atom. The van der Waals surface area contributed by atoms with E-state index >= 15 is 0 Å². The molecule has 3 N–H and O–H groups in total. The highest BCUT2D eigenvalue weighted by atomic mass is 16.3. The second-order valence-electron chi connectivity index (χ2n) is 9.78. The molecule has 6 aromatic carbocycles. The molecule has 190 valence electrons. The molecule has 0 amide bonds. The molecule has 4 heteroatoms. The maximum Gasteiger partial charge on any atom is 0.154 e. The van der Waals surface area contributed by atoms with E-state index in [0.717, 1.165) is 66.1 Å². The minimum absolute atomic E-state index is 0.129. The van der Waals surface area contributed by atoms with Crippen LogP contribution in [0.2, 0.25) is 0 Å². The number of rotatable bonds is 4. The summed E-state index contributed by atoms with van der Waals surface area (Å²) >= 11 is 0. The summed E-state index contributed by atoms with van der Waals surface area (Å²) in [5, 5.41) is 13.2. The Bertz CT molecular complexity index is 2070. The molecule has 1 heterocycles. The Hall–Kier alpha value is -5.48. The number of furan rings is 1. The Labute approximate surface area is 231 Å². The fourth-order valence-electron chi connectivity index (χ4n) is 5.41. The molecule has 0 atom stereocenters. The van der Waals surface area contributed by atoms with Gasteiger partial charge in [0, 0.05) is 27.3 Å². The molecule has 40 heavy (non-hydrogen) atoms. The van der Waals surface area contributed by atoms with Crippen LogP contribution in [0.5, 0.6) is 0 Å². The molecule has 0 aliphatic heterocycles. The van der Waals surface area contributed by atoms with Gasteiger partial charge in [-0.1, -0.05) is 121 Å². The summed E-state index contributed by atoms with van der Waals surface area (Å²) in [5.74, 6) is 0.453. The van der Waals surface area contributed by atoms with Gasteiger partial charge in [0.2, 0.25) is 0 Å². The van der Waals surface area contributed by atoms with Gasteiger partial charge in [-0.3, -0.25) is 5.41 Å². The average molecular weight is 516 g/mol. The number of hydrogen-bond acceptors (Lipinski definition) is 2. The summed E-state index contributed by atoms with van der Waals surface area (Å²) in [6, 6.07) is 44.7. The summed E-state index contributed by atoms with van der Waals surface area (Å²) in [7, 11) is 0. The summed E-state index contributed by atoms with van der Waals surface area (Å²) in [4.78, 5) is 4.42. The van der Waals surface area contributed by atoms with Crippen LogP contribution in [-0.2, 0) is 0 Å². The van der Waals surface area contributed by atoms with Crippen LogP contribution in [-0.4, -0.2) is 11.7 Å². The molecule has 0 saturated heterocycles. The highest BCUT2D eigenvalue weighted by Crippen LogP contribution is 2.40. The van der Waals surface area contributed by atoms with E-state index in [0.29, 0.717) is 5.84 Å². The third-order valence-corrected chi connectivity index (χ3v) is 7.38. The number of nitrogens with zero attached hydrogens (tertiary/aromatic N) is 1. The summed E-state index contributed by atoms with van der Waals surface area (Å²) in [6.45, 7) is 0. The first-order valence-electron chi connectivity index (χ1n) is 13.2. The van der Waals surface area contributed by atoms with Crippen LogP contribution in [0.1, 0.15) is 11.1 Å². The molecule has 0 aliphatic rings. The van der Waals surface area contributed by atoms with Crippen molar-refractivity contribution in [3.63, 3.8) is 0 Å². The highest BCUT2D eigenvalue weighted by molar-refractivity contribution is 6.19. The SMILES string of the molecule is N=C(N=C(N)c1ccccc1)c1ccccc1-c1ccc(-c2cc3c4ccccc4oc3c3ccccc23)cc1. The van der Waals surface area contributed by atoms with Gasteiger partial charge in [-0.15, -0.1) is 0 Å². The van der Waals surface area contributed by atoms with Crippen molar-refractivity contribution < 1.29 is 4.42 Å². The summed E-state index contributed by atoms with van der Waals surface area (Å²) in [5.41, 5.74) is 13.8. The van der Waals surface area contributed by atoms with Crippen molar-refractivity contribution in [2.24, 2.45) is 10.7 Å². The van der Waals surface area contributed by atoms with Crippen LogP contribution in [0, 0.1) is 5.41 Å². The Kier molecular flexibility index (Phi) is 5.72. The summed E-state index contributed by atoms with van der Waals surface area (Å²) < 4.78 is 6.29. The zero-order valence-electron chi connectivity index (χ0n) is 21.6. The molecule has 0 unspecified atom stereocenters. The number of benzene rings is 6. The molecular weight excluding hydrogens is 490 g/mol. The zero-order chi connectivity index (χ0) is 27.1. The molecule has 1 aromatic heterocycles. The molecule has 0 spiro atoms. The second-order valence-corrected chi connectivity index (χ2v) is 9.78. The van der Waals surface area contributed by atoms with E-state index in [1.54, 1.807) is 0 Å². The van der Waals surface area contributed by atoms with Gasteiger partial charge in [0.1, 0.15) is 17.0 Å². The lowest BCUT2D eigenvalue weighted by Crippen LogP contribution is -2.16. The number of nitrogens with one attached hydrogen (secondary N) is 1. The molecule has 7 aromatic rings. The number of hydrogen-bond donors (Lipinski definition) is 2. The zero-order valence-corrected chi connectivity index (χ0v) is 21.6. The third kappa shape index (κ3) is 4.03. The molecule has 0 bridgehead atoms. The maximum atomic E-state index is 8.72. The third-order valence-electron chi connectivity index (χ3n) is 7.38. The standard InChI is InChI=1S/C36H25N3O/c37-35(25-10-2-1-3-11-25)39-36(38)30-16-7-4-12-26(30)23-18-20-24(21-19-23)31-22-32-28-14-8-9-17-33(28)40-34(32)29-15-6-5-13-27(29)31/h1-22H,(H3,37,38,39). The fraction of sp³-hybridized carbons (Fsp3) is 0. The van der Waals surface area contributed by atoms with E-state index in [1.807, 2.05) is 72.8 Å². The minimum Gasteiger partial charge on any atom is -0.455 e. The van der Waals surface area contributed by atoms with Crippen molar-refractivity contribution in [2.45, 2.75) is 0 Å². The van der Waals surface area contributed by atoms with Crippen LogP contribution in [0.4, 0.5) is 0 Å². The van der Waals surface area contributed by atoms with E-state index in [4.69, 9.17) is 15.6 Å². The summed E-state index contributed by atoms with van der Waals surface area (Å²) in [6.07, 6.45) is 0. The number of fused-ring (bicyclic) bond motifs is 5. The lowest BCUT2D eigenvalue weighted by molar-refractivity contribution is 0.672. The molecule has 0 radical (unpaired) electrons. The van der Waals surface area contributed by atoms with E-state index in [-0.39, 0.29) is 5.84 Å². The lowest BCUT2D eigenvalue weighted by Gasteiger charge is -2.12. The quantitative estimate of drug-likeness (QED) is 0.181. The average Bonchev–Trinajstić information content (AvgIpc) is 3.40. The predicted octanol–water partition coefficient (Wildman–Crippen LogP) is 8.80. The van der Waals surface area contributed by atoms with E-state index in [1.165, 1.54) is 0 Å². The normalized spacial score (nSPS) is 11.8. The minimum atomic E-state index is 0.129. The number of nitrogens with two attached hydrogens (primary N) is 1. The Morgan fingerprint density at radius 2 is 1.18 bits per heavy atom. The van der Waals surface area contributed by atoms with Crippen LogP contribution >= 0.6 is 0 Å². The lowest BCUT2D eigenvalue weighted by atomic mass is 9.93. The molecule has 4 nitrogen and oxygen atoms in total. The van der Waals surface area contributed by atoms with E-state index < -0.39 is 0 Å². The van der Waals surface area contributed by atoms with Crippen LogP contribution in [0.3, 0.4) is 0 Å². The van der Waals surface area contributed by atoms with Gasteiger partial charge >= 0.3 is 0 Å². The topological polar surface area (TPSA) is 75.4 Å². The van der Waals surface area contributed by atoms with Crippen molar-refractivity contribution in [3.8, 4) is 22.3 Å². The highest BCUT2D eigenvalue weighted by Gasteiger charge is 2.15. The van der Waals surface area contributed by atoms with Gasteiger partial charge in [-0.2, -0.15) is 0 Å². The van der Waals surface area contributed by atoms with Crippen LogP contribution in [0.25, 0.3) is 55.0 Å². The largest absolute Gasteiger partial charge is 0.455 e. The van der Waals surface area contributed by atoms with Crippen molar-refractivity contribution in [2.75, 3.05) is 0 Å². The molecule has 7 rings (SSSR count). The Morgan fingerprint density at radius 3 is 1.95 bits per heavy atom. The van der Waals surface area contributed by atoms with Crippen molar-refractivity contribution in [1.29, 1.82) is 5.41 Å². The van der Waals surface area contributed by atoms with Gasteiger partial charge in [0.15, 0.2) is 5.84 Å². The van der Waals surface area contributed by atoms with Gasteiger partial charge in [0.25, 0.3) is 0 Å². The fourth-order valence-corrected chi connectivity index (χ4v) is 5.41. The number of aliphatic imine (C=N–C) groups is 1. The monoisotopic (exact) mass is 515 g/mol. The number of amidine groups is 2. The predicted molar refractivity (Wildman–Crippen MR) is 166 cm³/mol. The van der Waals surface area contributed by atoms with Crippen molar-refractivity contribution >= 4 is 44.4 Å². The van der Waals surface area contributed by atoms with Gasteiger partial charge in [0.05, 0.1) is 0 Å². The first-order chi connectivity index (χ1) is 19.7. The molecular formula is C36H25N3O. The van der Waals surface area contributed by atoms with Gasteiger partial charge in [-0.05, 0) is 39.8 Å². The molecule has 0 fully saturated rings. The van der Waals surface area contributed by atoms with Crippen LogP contribution < -0.4 is 5.73 Å². The first kappa shape index (κ1) is 23.6. The second kappa shape index (κ2) is 9.68. The van der Waals surface area contributed by atoms with E-state index in [9.17, 15) is 0 Å². The van der Waals surface area contributed by atoms with Crippen molar-refractivity contribution in [3.05, 3.63) is 145 Å².